The molecule has 1 aromatic heterocycles. The molecule has 6 nitrogen and oxygen atoms in total. The topological polar surface area (TPSA) is 92.9 Å². The Bertz CT molecular complexity index is 434. The molecule has 0 aromatic carbocycles. The number of nitrogens with one attached hydrogen (secondary N) is 2. The van der Waals surface area contributed by atoms with Crippen molar-refractivity contribution >= 4 is 11.7 Å². The van der Waals surface area contributed by atoms with Crippen molar-refractivity contribution < 1.29 is 4.79 Å². The molecule has 20 heavy (non-hydrogen) atoms. The first-order valence-electron chi connectivity index (χ1n) is 7.16. The lowest BCUT2D eigenvalue weighted by Crippen LogP contribution is -2.53. The third-order valence-corrected chi connectivity index (χ3v) is 3.86. The lowest BCUT2D eigenvalue weighted by atomic mass is 9.74. The molecule has 2 unspecified atom stereocenters. The summed E-state index contributed by atoms with van der Waals surface area (Å²) < 4.78 is 0. The number of hydrogen-bond donors (Lipinski definition) is 3. The Hall–Kier alpha value is -1.69. The molecule has 0 spiro atoms. The summed E-state index contributed by atoms with van der Waals surface area (Å²) in [5, 5.41) is 6.05. The molecule has 110 valence electrons. The molecule has 2 rings (SSSR count). The second-order valence-electron chi connectivity index (χ2n) is 5.61. The maximum absolute atomic E-state index is 12.2. The van der Waals surface area contributed by atoms with Crippen LogP contribution in [0.5, 0.6) is 0 Å². The van der Waals surface area contributed by atoms with E-state index in [1.807, 2.05) is 6.92 Å². The average molecular weight is 277 g/mol. The minimum Gasteiger partial charge on any atom is -0.367 e. The van der Waals surface area contributed by atoms with Crippen LogP contribution in [-0.4, -0.2) is 34.5 Å². The molecule has 1 aliphatic rings. The number of nitrogens with two attached hydrogens (primary N) is 1. The lowest BCUT2D eigenvalue weighted by Gasteiger charge is -2.37. The molecule has 1 fully saturated rings. The number of aromatic nitrogens is 2. The second kappa shape index (κ2) is 6.65. The highest BCUT2D eigenvalue weighted by Crippen LogP contribution is 2.31. The van der Waals surface area contributed by atoms with Crippen molar-refractivity contribution in [2.75, 3.05) is 18.4 Å². The molecule has 2 atom stereocenters. The van der Waals surface area contributed by atoms with Crippen LogP contribution in [0.4, 0.5) is 5.82 Å². The summed E-state index contributed by atoms with van der Waals surface area (Å²) in [5.74, 6) is 0.700. The fourth-order valence-electron chi connectivity index (χ4n) is 2.68. The smallest absolute Gasteiger partial charge is 0.225 e. The van der Waals surface area contributed by atoms with E-state index >= 15 is 0 Å². The third-order valence-electron chi connectivity index (χ3n) is 3.86. The van der Waals surface area contributed by atoms with Crippen LogP contribution in [0.2, 0.25) is 0 Å². The molecule has 1 aromatic rings. The van der Waals surface area contributed by atoms with E-state index in [4.69, 9.17) is 5.73 Å². The summed E-state index contributed by atoms with van der Waals surface area (Å²) in [4.78, 5) is 20.2. The van der Waals surface area contributed by atoms with E-state index < -0.39 is 0 Å². The van der Waals surface area contributed by atoms with Crippen molar-refractivity contribution in [3.05, 3.63) is 18.6 Å². The van der Waals surface area contributed by atoms with E-state index in [9.17, 15) is 4.79 Å². The second-order valence-corrected chi connectivity index (χ2v) is 5.61. The highest BCUT2D eigenvalue weighted by atomic mass is 16.1. The van der Waals surface area contributed by atoms with Crippen LogP contribution in [0.1, 0.15) is 32.6 Å². The van der Waals surface area contributed by atoms with Gasteiger partial charge in [-0.25, -0.2) is 4.98 Å². The molecular formula is C14H23N5O. The Morgan fingerprint density at radius 3 is 3.00 bits per heavy atom. The first-order valence-corrected chi connectivity index (χ1v) is 7.16. The number of nitrogens with zero attached hydrogens (tertiary/aromatic N) is 2. The predicted molar refractivity (Wildman–Crippen MR) is 78.1 cm³/mol. The van der Waals surface area contributed by atoms with Gasteiger partial charge in [0.2, 0.25) is 5.91 Å². The lowest BCUT2D eigenvalue weighted by molar-refractivity contribution is -0.128. The largest absolute Gasteiger partial charge is 0.367 e. The quantitative estimate of drug-likeness (QED) is 0.696. The number of hydrogen-bond acceptors (Lipinski definition) is 5. The molecule has 6 heteroatoms. The van der Waals surface area contributed by atoms with E-state index in [-0.39, 0.29) is 17.4 Å². The highest BCUT2D eigenvalue weighted by molar-refractivity contribution is 5.80. The summed E-state index contributed by atoms with van der Waals surface area (Å²) >= 11 is 0. The van der Waals surface area contributed by atoms with E-state index in [2.05, 4.69) is 20.6 Å². The predicted octanol–water partition coefficient (Wildman–Crippen LogP) is 0.912. The van der Waals surface area contributed by atoms with Gasteiger partial charge in [-0.1, -0.05) is 12.8 Å². The summed E-state index contributed by atoms with van der Waals surface area (Å²) in [6.45, 7) is 3.16. The fraction of sp³-hybridized carbons (Fsp3) is 0.643. The van der Waals surface area contributed by atoms with Gasteiger partial charge >= 0.3 is 0 Å². The van der Waals surface area contributed by atoms with Gasteiger partial charge in [-0.3, -0.25) is 9.78 Å². The first-order chi connectivity index (χ1) is 9.59. The number of rotatable bonds is 5. The zero-order valence-electron chi connectivity index (χ0n) is 11.9. The summed E-state index contributed by atoms with van der Waals surface area (Å²) in [5.41, 5.74) is 5.85. The van der Waals surface area contributed by atoms with Gasteiger partial charge in [-0.15, -0.1) is 0 Å². The minimum absolute atomic E-state index is 0.0654. The van der Waals surface area contributed by atoms with Crippen LogP contribution in [0, 0.1) is 5.92 Å². The third kappa shape index (κ3) is 3.90. The van der Waals surface area contributed by atoms with Crippen LogP contribution in [0.15, 0.2) is 18.6 Å². The average Bonchev–Trinajstić information content (AvgIpc) is 2.44. The normalized spacial score (nSPS) is 26.0. The molecule has 0 aliphatic heterocycles. The van der Waals surface area contributed by atoms with E-state index in [0.29, 0.717) is 18.9 Å². The highest BCUT2D eigenvalue weighted by Gasteiger charge is 2.37. The van der Waals surface area contributed by atoms with Crippen molar-refractivity contribution in [2.45, 2.75) is 38.1 Å². The standard InChI is InChI=1S/C14H23N5O/c1-14(15)5-3-2-4-11(14)13(20)19-9-8-18-12-10-16-6-7-17-12/h6-7,10-11H,2-5,8-9,15H2,1H3,(H,17,18)(H,19,20). The molecule has 0 saturated heterocycles. The Kier molecular flexibility index (Phi) is 4.89. The molecule has 1 saturated carbocycles. The van der Waals surface area contributed by atoms with Gasteiger partial charge in [0.1, 0.15) is 5.82 Å². The van der Waals surface area contributed by atoms with Crippen molar-refractivity contribution in [1.82, 2.24) is 15.3 Å². The molecular weight excluding hydrogens is 254 g/mol. The summed E-state index contributed by atoms with van der Waals surface area (Å²) in [7, 11) is 0. The zero-order valence-corrected chi connectivity index (χ0v) is 11.9. The fourth-order valence-corrected chi connectivity index (χ4v) is 2.68. The SMILES string of the molecule is CC1(N)CCCCC1C(=O)NCCNc1cnccn1. The van der Waals surface area contributed by atoms with Crippen molar-refractivity contribution in [3.8, 4) is 0 Å². The van der Waals surface area contributed by atoms with Crippen molar-refractivity contribution in [2.24, 2.45) is 11.7 Å². The minimum atomic E-state index is -0.374. The number of anilines is 1. The first kappa shape index (κ1) is 14.7. The van der Waals surface area contributed by atoms with Gasteiger partial charge in [0.15, 0.2) is 0 Å². The summed E-state index contributed by atoms with van der Waals surface area (Å²) in [6, 6.07) is 0. The Labute approximate surface area is 119 Å². The van der Waals surface area contributed by atoms with Crippen LogP contribution < -0.4 is 16.4 Å². The zero-order chi connectivity index (χ0) is 14.4. The monoisotopic (exact) mass is 277 g/mol. The van der Waals surface area contributed by atoms with Gasteiger partial charge < -0.3 is 16.4 Å². The van der Waals surface area contributed by atoms with E-state index in [0.717, 1.165) is 25.7 Å². The number of carbonyl (C=O) groups excluding carboxylic acids is 1. The van der Waals surface area contributed by atoms with Gasteiger partial charge in [0.25, 0.3) is 0 Å². The van der Waals surface area contributed by atoms with Crippen LogP contribution in [0.3, 0.4) is 0 Å². The molecule has 1 aliphatic carbocycles. The molecule has 0 bridgehead atoms. The summed E-state index contributed by atoms with van der Waals surface area (Å²) in [6.07, 6.45) is 8.91. The molecule has 4 N–H and O–H groups in total. The van der Waals surface area contributed by atoms with E-state index in [1.165, 1.54) is 0 Å². The van der Waals surface area contributed by atoms with Crippen molar-refractivity contribution in [3.63, 3.8) is 0 Å². The van der Waals surface area contributed by atoms with Crippen LogP contribution in [-0.2, 0) is 4.79 Å². The van der Waals surface area contributed by atoms with Gasteiger partial charge in [0, 0.05) is 31.0 Å². The van der Waals surface area contributed by atoms with Gasteiger partial charge in [-0.05, 0) is 19.8 Å². The van der Waals surface area contributed by atoms with Gasteiger partial charge in [0.05, 0.1) is 12.1 Å². The molecule has 0 radical (unpaired) electrons. The van der Waals surface area contributed by atoms with Crippen molar-refractivity contribution in [1.29, 1.82) is 0 Å². The van der Waals surface area contributed by atoms with E-state index in [1.54, 1.807) is 18.6 Å². The maximum Gasteiger partial charge on any atom is 0.225 e. The Morgan fingerprint density at radius 1 is 1.45 bits per heavy atom. The van der Waals surface area contributed by atoms with Gasteiger partial charge in [-0.2, -0.15) is 0 Å². The number of carbonyl (C=O) groups is 1. The number of amides is 1. The van der Waals surface area contributed by atoms with Crippen LogP contribution >= 0.6 is 0 Å². The Morgan fingerprint density at radius 2 is 2.30 bits per heavy atom. The van der Waals surface area contributed by atoms with Crippen LogP contribution in [0.25, 0.3) is 0 Å². The maximum atomic E-state index is 12.2. The molecule has 1 heterocycles. The Balaban J connectivity index is 1.72. The molecule has 1 amide bonds.